The molecule has 82 valence electrons. The lowest BCUT2D eigenvalue weighted by molar-refractivity contribution is 0.212. The molecule has 0 saturated carbocycles. The number of rotatable bonds is 1. The van der Waals surface area contributed by atoms with Gasteiger partial charge in [-0.2, -0.15) is 0 Å². The minimum absolute atomic E-state index is 0.0167. The second kappa shape index (κ2) is 3.67. The van der Waals surface area contributed by atoms with Crippen molar-refractivity contribution in [2.45, 2.75) is 12.5 Å². The quantitative estimate of drug-likeness (QED) is 0.716. The molecule has 2 aliphatic rings. The SMILES string of the molecule is O=C(Nc1ccccc1)N1C[C@H]2C=C[C@H]1C2. The van der Waals surface area contributed by atoms with E-state index in [-0.39, 0.29) is 6.03 Å². The molecule has 1 aromatic rings. The van der Waals surface area contributed by atoms with Gasteiger partial charge in [-0.15, -0.1) is 0 Å². The number of carbonyl (C=O) groups excluding carboxylic acids is 1. The molecule has 1 aromatic carbocycles. The van der Waals surface area contributed by atoms with E-state index in [1.165, 1.54) is 0 Å². The summed E-state index contributed by atoms with van der Waals surface area (Å²) in [6.45, 7) is 0.861. The van der Waals surface area contributed by atoms with Gasteiger partial charge in [0.15, 0.2) is 0 Å². The molecule has 0 spiro atoms. The highest BCUT2D eigenvalue weighted by molar-refractivity contribution is 5.90. The average Bonchev–Trinajstić information content (AvgIpc) is 2.92. The zero-order valence-corrected chi connectivity index (χ0v) is 8.97. The minimum atomic E-state index is 0.0167. The number of fused-ring (bicyclic) bond motifs is 2. The van der Waals surface area contributed by atoms with Crippen LogP contribution in [0.5, 0.6) is 0 Å². The summed E-state index contributed by atoms with van der Waals surface area (Å²) in [4.78, 5) is 13.9. The molecule has 3 rings (SSSR count). The van der Waals surface area contributed by atoms with Crippen molar-refractivity contribution in [3.05, 3.63) is 42.5 Å². The summed E-state index contributed by atoms with van der Waals surface area (Å²) >= 11 is 0. The third kappa shape index (κ3) is 1.58. The molecule has 1 N–H and O–H groups in total. The number of benzene rings is 1. The Kier molecular flexibility index (Phi) is 2.17. The molecule has 1 aliphatic heterocycles. The van der Waals surface area contributed by atoms with Crippen LogP contribution in [0.2, 0.25) is 0 Å². The molecule has 3 nitrogen and oxygen atoms in total. The van der Waals surface area contributed by atoms with E-state index >= 15 is 0 Å². The first-order chi connectivity index (χ1) is 7.83. The topological polar surface area (TPSA) is 32.3 Å². The van der Waals surface area contributed by atoms with E-state index < -0.39 is 0 Å². The molecule has 0 aromatic heterocycles. The third-order valence-electron chi connectivity index (χ3n) is 3.27. The molecule has 2 bridgehead atoms. The maximum absolute atomic E-state index is 12.0. The first kappa shape index (κ1) is 9.46. The molecule has 2 amide bonds. The monoisotopic (exact) mass is 214 g/mol. The summed E-state index contributed by atoms with van der Waals surface area (Å²) in [5, 5.41) is 2.92. The number of anilines is 1. The lowest BCUT2D eigenvalue weighted by Crippen LogP contribution is -2.39. The van der Waals surface area contributed by atoms with E-state index in [9.17, 15) is 4.79 Å². The Morgan fingerprint density at radius 3 is 2.69 bits per heavy atom. The fourth-order valence-electron chi connectivity index (χ4n) is 2.46. The van der Waals surface area contributed by atoms with Crippen LogP contribution in [0.3, 0.4) is 0 Å². The number of nitrogens with one attached hydrogen (secondary N) is 1. The molecule has 1 heterocycles. The van der Waals surface area contributed by atoms with Gasteiger partial charge in [-0.05, 0) is 24.5 Å². The first-order valence-electron chi connectivity index (χ1n) is 5.64. The number of urea groups is 1. The van der Waals surface area contributed by atoms with Crippen molar-refractivity contribution >= 4 is 11.7 Å². The molecule has 1 aliphatic carbocycles. The molecule has 1 fully saturated rings. The van der Waals surface area contributed by atoms with Gasteiger partial charge >= 0.3 is 6.03 Å². The number of carbonyl (C=O) groups is 1. The lowest BCUT2D eigenvalue weighted by Gasteiger charge is -2.24. The maximum Gasteiger partial charge on any atom is 0.322 e. The molecule has 0 unspecified atom stereocenters. The Morgan fingerprint density at radius 1 is 1.25 bits per heavy atom. The molecule has 1 saturated heterocycles. The van der Waals surface area contributed by atoms with Gasteiger partial charge in [0.05, 0.1) is 6.04 Å². The maximum atomic E-state index is 12.0. The predicted molar refractivity (Wildman–Crippen MR) is 63.2 cm³/mol. The van der Waals surface area contributed by atoms with Gasteiger partial charge in [0.25, 0.3) is 0 Å². The normalized spacial score (nSPS) is 26.1. The zero-order valence-electron chi connectivity index (χ0n) is 8.97. The summed E-state index contributed by atoms with van der Waals surface area (Å²) in [6.07, 6.45) is 5.46. The molecule has 3 heteroatoms. The summed E-state index contributed by atoms with van der Waals surface area (Å²) in [7, 11) is 0. The summed E-state index contributed by atoms with van der Waals surface area (Å²) in [6, 6.07) is 9.93. The zero-order chi connectivity index (χ0) is 11.0. The first-order valence-corrected chi connectivity index (χ1v) is 5.64. The van der Waals surface area contributed by atoms with E-state index in [1.54, 1.807) is 0 Å². The Balaban J connectivity index is 1.69. The van der Waals surface area contributed by atoms with Crippen LogP contribution in [0.1, 0.15) is 6.42 Å². The standard InChI is InChI=1S/C13H14N2O/c16-13(14-11-4-2-1-3-5-11)15-9-10-6-7-12(15)8-10/h1-7,10,12H,8-9H2,(H,14,16)/t10-,12-/m0/s1. The summed E-state index contributed by atoms with van der Waals surface area (Å²) < 4.78 is 0. The van der Waals surface area contributed by atoms with E-state index in [0.717, 1.165) is 18.7 Å². The Labute approximate surface area is 94.8 Å². The second-order valence-corrected chi connectivity index (χ2v) is 4.40. The predicted octanol–water partition coefficient (Wildman–Crippen LogP) is 2.48. The fourth-order valence-corrected chi connectivity index (χ4v) is 2.46. The smallest absolute Gasteiger partial charge is 0.317 e. The highest BCUT2D eigenvalue weighted by Gasteiger charge is 2.36. The number of hydrogen-bond donors (Lipinski definition) is 1. The van der Waals surface area contributed by atoms with Crippen molar-refractivity contribution in [1.82, 2.24) is 4.90 Å². The van der Waals surface area contributed by atoms with E-state index in [1.807, 2.05) is 35.2 Å². The van der Waals surface area contributed by atoms with Gasteiger partial charge in [0.1, 0.15) is 0 Å². The molecule has 0 radical (unpaired) electrons. The fraction of sp³-hybridized carbons (Fsp3) is 0.308. The van der Waals surface area contributed by atoms with Gasteiger partial charge in [0.2, 0.25) is 0 Å². The number of para-hydroxylation sites is 1. The third-order valence-corrected chi connectivity index (χ3v) is 3.27. The summed E-state index contributed by atoms with van der Waals surface area (Å²) in [5.74, 6) is 0.575. The van der Waals surface area contributed by atoms with Crippen LogP contribution in [0.25, 0.3) is 0 Å². The van der Waals surface area contributed by atoms with Gasteiger partial charge in [-0.1, -0.05) is 30.4 Å². The van der Waals surface area contributed by atoms with Crippen LogP contribution in [0.15, 0.2) is 42.5 Å². The van der Waals surface area contributed by atoms with E-state index in [0.29, 0.717) is 12.0 Å². The molecule has 2 atom stereocenters. The second-order valence-electron chi connectivity index (χ2n) is 4.40. The van der Waals surface area contributed by atoms with Gasteiger partial charge in [-0.25, -0.2) is 4.79 Å². The van der Waals surface area contributed by atoms with Crippen LogP contribution in [-0.4, -0.2) is 23.5 Å². The van der Waals surface area contributed by atoms with E-state index in [4.69, 9.17) is 0 Å². The van der Waals surface area contributed by atoms with E-state index in [2.05, 4.69) is 17.5 Å². The number of hydrogen-bond acceptors (Lipinski definition) is 1. The van der Waals surface area contributed by atoms with Crippen LogP contribution < -0.4 is 5.32 Å². The largest absolute Gasteiger partial charge is 0.322 e. The minimum Gasteiger partial charge on any atom is -0.317 e. The van der Waals surface area contributed by atoms with Crippen molar-refractivity contribution < 1.29 is 4.79 Å². The van der Waals surface area contributed by atoms with Crippen LogP contribution >= 0.6 is 0 Å². The van der Waals surface area contributed by atoms with Crippen molar-refractivity contribution in [2.75, 3.05) is 11.9 Å². The van der Waals surface area contributed by atoms with Crippen molar-refractivity contribution in [2.24, 2.45) is 5.92 Å². The molecule has 16 heavy (non-hydrogen) atoms. The van der Waals surface area contributed by atoms with Crippen LogP contribution in [0.4, 0.5) is 10.5 Å². The highest BCUT2D eigenvalue weighted by atomic mass is 16.2. The Bertz CT molecular complexity index is 427. The number of amides is 2. The number of nitrogens with zero attached hydrogens (tertiary/aromatic N) is 1. The van der Waals surface area contributed by atoms with Crippen LogP contribution in [-0.2, 0) is 0 Å². The highest BCUT2D eigenvalue weighted by Crippen LogP contribution is 2.31. The Hall–Kier alpha value is -1.77. The molecular formula is C13H14N2O. The van der Waals surface area contributed by atoms with Gasteiger partial charge < -0.3 is 10.2 Å². The van der Waals surface area contributed by atoms with Gasteiger partial charge in [0, 0.05) is 12.2 Å². The van der Waals surface area contributed by atoms with Crippen molar-refractivity contribution in [3.63, 3.8) is 0 Å². The Morgan fingerprint density at radius 2 is 2.06 bits per heavy atom. The molecular weight excluding hydrogens is 200 g/mol. The lowest BCUT2D eigenvalue weighted by atomic mass is 10.2. The summed E-state index contributed by atoms with van der Waals surface area (Å²) in [5.41, 5.74) is 0.860. The average molecular weight is 214 g/mol. The number of likely N-dealkylation sites (tertiary alicyclic amines) is 1. The van der Waals surface area contributed by atoms with Crippen molar-refractivity contribution in [3.8, 4) is 0 Å². The van der Waals surface area contributed by atoms with Gasteiger partial charge in [-0.3, -0.25) is 0 Å². The van der Waals surface area contributed by atoms with Crippen molar-refractivity contribution in [1.29, 1.82) is 0 Å². The van der Waals surface area contributed by atoms with Crippen LogP contribution in [0, 0.1) is 5.92 Å².